The molecule has 0 fully saturated rings. The molecular formula is C55H35BN2. The number of nitrogens with zero attached hydrogens (tertiary/aromatic N) is 1. The average Bonchev–Trinajstić information content (AvgIpc) is 3.98. The summed E-state index contributed by atoms with van der Waals surface area (Å²) in [6, 6.07) is 61.5. The van der Waals surface area contributed by atoms with Crippen molar-refractivity contribution < 1.29 is 0 Å². The second kappa shape index (κ2) is 10.6. The fourth-order valence-electron chi connectivity index (χ4n) is 11.6. The third-order valence-corrected chi connectivity index (χ3v) is 13.9. The van der Waals surface area contributed by atoms with Gasteiger partial charge < -0.3 is 9.38 Å². The molecule has 3 heteroatoms. The van der Waals surface area contributed by atoms with Crippen molar-refractivity contribution in [2.75, 3.05) is 0 Å². The Bertz CT molecular complexity index is 3770. The van der Waals surface area contributed by atoms with E-state index in [1.54, 1.807) is 0 Å². The molecular weight excluding hydrogens is 699 g/mol. The molecule has 14 rings (SSSR count). The van der Waals surface area contributed by atoms with E-state index < -0.39 is 0 Å². The van der Waals surface area contributed by atoms with Gasteiger partial charge in [-0.05, 0) is 96.6 Å². The number of aromatic amines is 1. The zero-order valence-electron chi connectivity index (χ0n) is 32.2. The van der Waals surface area contributed by atoms with Crippen LogP contribution in [-0.4, -0.2) is 16.7 Å². The van der Waals surface area contributed by atoms with Gasteiger partial charge in [0, 0.05) is 59.8 Å². The predicted molar refractivity (Wildman–Crippen MR) is 248 cm³/mol. The zero-order valence-corrected chi connectivity index (χ0v) is 32.2. The van der Waals surface area contributed by atoms with Crippen molar-refractivity contribution in [1.29, 1.82) is 0 Å². The topological polar surface area (TPSA) is 20.2 Å². The number of H-pyrrole nitrogens is 1. The summed E-state index contributed by atoms with van der Waals surface area (Å²) in [5.41, 5.74) is 22.4. The standard InChI is InChI=1S/C55H35BN2/c1-55(2)43-23-12-11-20-37(43)46-47-42-27-34(30-14-5-3-6-15-30)25-40-41-26-35(31-16-7-4-8-17-31)28-44-53(41)58(52(40)42)54(47)50(56-44)48(49(46)55)38-22-13-21-36-39-24-32-18-9-10-19-33(32)29-45(39)57-51(36)38/h3-29,56-57H,1-2H3. The molecule has 9 aromatic carbocycles. The van der Waals surface area contributed by atoms with Gasteiger partial charge in [-0.3, -0.25) is 0 Å². The third kappa shape index (κ3) is 3.75. The molecule has 1 aliphatic carbocycles. The van der Waals surface area contributed by atoms with Gasteiger partial charge in [-0.2, -0.15) is 0 Å². The number of hydrogen-bond acceptors (Lipinski definition) is 0. The minimum Gasteiger partial charge on any atom is -0.354 e. The lowest BCUT2D eigenvalue weighted by Gasteiger charge is -2.29. The van der Waals surface area contributed by atoms with Crippen molar-refractivity contribution in [3.63, 3.8) is 0 Å². The van der Waals surface area contributed by atoms with Crippen molar-refractivity contribution in [1.82, 2.24) is 9.38 Å². The van der Waals surface area contributed by atoms with Crippen LogP contribution in [0.15, 0.2) is 164 Å². The van der Waals surface area contributed by atoms with E-state index in [-0.39, 0.29) is 5.41 Å². The van der Waals surface area contributed by atoms with E-state index in [9.17, 15) is 0 Å². The zero-order chi connectivity index (χ0) is 38.0. The number of nitrogens with one attached hydrogen (secondary N) is 1. The molecule has 58 heavy (non-hydrogen) atoms. The molecule has 0 saturated carbocycles. The van der Waals surface area contributed by atoms with Crippen molar-refractivity contribution >= 4 is 88.9 Å². The Morgan fingerprint density at radius 1 is 0.483 bits per heavy atom. The molecule has 4 heterocycles. The number of rotatable bonds is 3. The molecule has 0 unspecified atom stereocenters. The first-order chi connectivity index (χ1) is 28.5. The first-order valence-electron chi connectivity index (χ1n) is 20.6. The molecule has 268 valence electrons. The van der Waals surface area contributed by atoms with Crippen LogP contribution in [0, 0.1) is 0 Å². The summed E-state index contributed by atoms with van der Waals surface area (Å²) in [4.78, 5) is 4.01. The highest BCUT2D eigenvalue weighted by Crippen LogP contribution is 2.57. The van der Waals surface area contributed by atoms with Gasteiger partial charge in [0.25, 0.3) is 0 Å². The Balaban J connectivity index is 1.21. The average molecular weight is 735 g/mol. The van der Waals surface area contributed by atoms with E-state index in [2.05, 4.69) is 187 Å². The molecule has 3 aromatic heterocycles. The van der Waals surface area contributed by atoms with Gasteiger partial charge in [-0.25, -0.2) is 0 Å². The van der Waals surface area contributed by atoms with Crippen LogP contribution in [0.4, 0.5) is 0 Å². The maximum atomic E-state index is 4.01. The Hall–Kier alpha value is -7.10. The first-order valence-corrected chi connectivity index (χ1v) is 20.6. The number of fused-ring (bicyclic) bond motifs is 10. The van der Waals surface area contributed by atoms with Crippen LogP contribution in [0.25, 0.3) is 115 Å². The van der Waals surface area contributed by atoms with Crippen molar-refractivity contribution in [3.05, 3.63) is 175 Å². The van der Waals surface area contributed by atoms with Crippen LogP contribution in [0.3, 0.4) is 0 Å². The van der Waals surface area contributed by atoms with E-state index >= 15 is 0 Å². The Morgan fingerprint density at radius 2 is 1.12 bits per heavy atom. The van der Waals surface area contributed by atoms with E-state index in [1.807, 2.05) is 0 Å². The van der Waals surface area contributed by atoms with Gasteiger partial charge in [-0.15, -0.1) is 0 Å². The Kier molecular flexibility index (Phi) is 5.70. The summed E-state index contributed by atoms with van der Waals surface area (Å²) in [6.07, 6.45) is 0. The fraction of sp³-hybridized carbons (Fsp3) is 0.0545. The largest absolute Gasteiger partial charge is 0.354 e. The van der Waals surface area contributed by atoms with Crippen molar-refractivity contribution in [2.45, 2.75) is 19.3 Å². The van der Waals surface area contributed by atoms with Gasteiger partial charge in [0.1, 0.15) is 0 Å². The van der Waals surface area contributed by atoms with Crippen LogP contribution < -0.4 is 10.9 Å². The second-order valence-corrected chi connectivity index (χ2v) is 17.3. The molecule has 2 aliphatic rings. The molecule has 2 nitrogen and oxygen atoms in total. The number of hydrogen-bond donors (Lipinski definition) is 1. The quantitative estimate of drug-likeness (QED) is 0.175. The third-order valence-electron chi connectivity index (χ3n) is 13.9. The Labute approximate surface area is 335 Å². The summed E-state index contributed by atoms with van der Waals surface area (Å²) in [7, 11) is 0.862. The minimum absolute atomic E-state index is 0.232. The van der Waals surface area contributed by atoms with Crippen LogP contribution in [0.1, 0.15) is 25.0 Å². The van der Waals surface area contributed by atoms with E-state index in [1.165, 1.54) is 137 Å². The maximum absolute atomic E-state index is 4.01. The molecule has 12 aromatic rings. The molecule has 1 N–H and O–H groups in total. The highest BCUT2D eigenvalue weighted by molar-refractivity contribution is 6.75. The lowest BCUT2D eigenvalue weighted by atomic mass is 9.57. The molecule has 0 radical (unpaired) electrons. The molecule has 0 spiro atoms. The van der Waals surface area contributed by atoms with Crippen LogP contribution >= 0.6 is 0 Å². The Morgan fingerprint density at radius 3 is 1.90 bits per heavy atom. The van der Waals surface area contributed by atoms with Gasteiger partial charge in [0.2, 0.25) is 0 Å². The minimum atomic E-state index is -0.232. The predicted octanol–water partition coefficient (Wildman–Crippen LogP) is 12.6. The fourth-order valence-corrected chi connectivity index (χ4v) is 11.6. The van der Waals surface area contributed by atoms with E-state index in [0.717, 1.165) is 7.28 Å². The van der Waals surface area contributed by atoms with Gasteiger partial charge >= 0.3 is 0 Å². The molecule has 0 amide bonds. The molecule has 1 aliphatic heterocycles. The summed E-state index contributed by atoms with van der Waals surface area (Å²) in [5.74, 6) is 0. The lowest BCUT2D eigenvalue weighted by molar-refractivity contribution is 0.663. The summed E-state index contributed by atoms with van der Waals surface area (Å²) in [5, 5.41) is 10.5. The van der Waals surface area contributed by atoms with Crippen LogP contribution in [0.2, 0.25) is 0 Å². The summed E-state index contributed by atoms with van der Waals surface area (Å²) in [6.45, 7) is 4.93. The van der Waals surface area contributed by atoms with Crippen LogP contribution in [0.5, 0.6) is 0 Å². The lowest BCUT2D eigenvalue weighted by Crippen LogP contribution is -2.36. The SMILES string of the molecule is CC1(C)c2ccccc2-c2c1c(-c1cccc3c1[nH]c1cc4ccccc4cc13)c1c3c2c2cc(-c4ccccc4)cc4c5cc(-c6ccccc6)cc(c5n3c42)B1. The maximum Gasteiger partial charge on any atom is 0.198 e. The van der Waals surface area contributed by atoms with Gasteiger partial charge in [0.05, 0.1) is 11.0 Å². The van der Waals surface area contributed by atoms with Gasteiger partial charge in [0.15, 0.2) is 7.28 Å². The monoisotopic (exact) mass is 734 g/mol. The highest BCUT2D eigenvalue weighted by Gasteiger charge is 2.43. The molecule has 0 bridgehead atoms. The second-order valence-electron chi connectivity index (χ2n) is 17.3. The number of aromatic nitrogens is 2. The van der Waals surface area contributed by atoms with Crippen molar-refractivity contribution in [2.24, 2.45) is 0 Å². The van der Waals surface area contributed by atoms with E-state index in [0.29, 0.717) is 0 Å². The number of para-hydroxylation sites is 1. The first kappa shape index (κ1) is 31.0. The van der Waals surface area contributed by atoms with E-state index in [4.69, 9.17) is 0 Å². The normalized spacial score (nSPS) is 14.0. The number of benzene rings is 9. The van der Waals surface area contributed by atoms with Crippen molar-refractivity contribution in [3.8, 4) is 44.5 Å². The molecule has 0 saturated heterocycles. The summed E-state index contributed by atoms with van der Waals surface area (Å²) < 4.78 is 2.68. The molecule has 0 atom stereocenters. The van der Waals surface area contributed by atoms with Crippen LogP contribution in [-0.2, 0) is 5.41 Å². The summed E-state index contributed by atoms with van der Waals surface area (Å²) >= 11 is 0. The smallest absolute Gasteiger partial charge is 0.198 e. The highest BCUT2D eigenvalue weighted by atomic mass is 14.9. The van der Waals surface area contributed by atoms with Gasteiger partial charge in [-0.1, -0.05) is 153 Å².